The molecule has 4 N–H and O–H groups in total. The second kappa shape index (κ2) is 10.4. The van der Waals surface area contributed by atoms with Crippen LogP contribution in [0.3, 0.4) is 0 Å². The van der Waals surface area contributed by atoms with E-state index in [0.717, 1.165) is 16.8 Å². The van der Waals surface area contributed by atoms with E-state index >= 15 is 0 Å². The second-order valence-corrected chi connectivity index (χ2v) is 5.15. The minimum absolute atomic E-state index is 0.0617. The zero-order valence-electron chi connectivity index (χ0n) is 14.2. The summed E-state index contributed by atoms with van der Waals surface area (Å²) in [7, 11) is 0. The number of carbonyl (C=O) groups excluding carboxylic acids is 1. The molecular weight excluding hydrogens is 296 g/mol. The first kappa shape index (κ1) is 20.7. The summed E-state index contributed by atoms with van der Waals surface area (Å²) in [4.78, 5) is 20.9. The number of hydrogen-bond donors (Lipinski definition) is 3. The molecule has 23 heavy (non-hydrogen) atoms. The molecule has 1 atom stereocenters. The van der Waals surface area contributed by atoms with Gasteiger partial charge in [-0.2, -0.15) is 0 Å². The van der Waals surface area contributed by atoms with Crippen molar-refractivity contribution in [1.29, 1.82) is 0 Å². The number of aliphatic carboxylic acids is 1. The van der Waals surface area contributed by atoms with E-state index in [2.05, 4.69) is 16.6 Å². The van der Waals surface area contributed by atoms with Crippen molar-refractivity contribution in [1.82, 2.24) is 0 Å². The molecule has 0 aliphatic heterocycles. The Hall–Kier alpha value is -2.34. The van der Waals surface area contributed by atoms with Gasteiger partial charge in [-0.15, -0.1) is 0 Å². The first-order valence-electron chi connectivity index (χ1n) is 7.26. The van der Waals surface area contributed by atoms with Gasteiger partial charge in [-0.25, -0.2) is 0 Å². The Bertz CT molecular complexity index is 533. The summed E-state index contributed by atoms with van der Waals surface area (Å²) in [6, 6.07) is 3.53. The predicted molar refractivity (Wildman–Crippen MR) is 91.6 cm³/mol. The Kier molecular flexibility index (Phi) is 9.34. The van der Waals surface area contributed by atoms with Crippen molar-refractivity contribution in [2.45, 2.75) is 33.7 Å². The molecule has 128 valence electrons. The van der Waals surface area contributed by atoms with Crippen molar-refractivity contribution in [2.75, 3.05) is 18.5 Å². The van der Waals surface area contributed by atoms with Crippen LogP contribution in [0.15, 0.2) is 24.8 Å². The number of nitrogens with two attached hydrogens (primary N) is 1. The quantitative estimate of drug-likeness (QED) is 0.548. The van der Waals surface area contributed by atoms with Crippen molar-refractivity contribution in [2.24, 2.45) is 5.73 Å². The third-order valence-corrected chi connectivity index (χ3v) is 2.94. The van der Waals surface area contributed by atoms with E-state index < -0.39 is 18.0 Å². The SMILES string of the molecule is C=CCOC(=O)CN.Cc1cc(C)c(N[C@@H](C)C(=O)O)c(C)c1. The topological polar surface area (TPSA) is 102 Å². The van der Waals surface area contributed by atoms with Crippen molar-refractivity contribution < 1.29 is 19.4 Å². The molecule has 1 aromatic rings. The van der Waals surface area contributed by atoms with Gasteiger partial charge in [-0.1, -0.05) is 30.4 Å². The number of nitrogens with one attached hydrogen (secondary N) is 1. The number of anilines is 1. The number of aryl methyl sites for hydroxylation is 3. The van der Waals surface area contributed by atoms with E-state index in [4.69, 9.17) is 10.8 Å². The molecule has 0 fully saturated rings. The van der Waals surface area contributed by atoms with Gasteiger partial charge in [0.05, 0.1) is 6.54 Å². The molecule has 0 heterocycles. The van der Waals surface area contributed by atoms with Crippen molar-refractivity contribution >= 4 is 17.6 Å². The van der Waals surface area contributed by atoms with E-state index in [1.807, 2.05) is 32.9 Å². The summed E-state index contributed by atoms with van der Waals surface area (Å²) in [5.41, 5.74) is 9.19. The van der Waals surface area contributed by atoms with Gasteiger partial charge in [0.1, 0.15) is 12.6 Å². The van der Waals surface area contributed by atoms with Gasteiger partial charge in [-0.3, -0.25) is 9.59 Å². The van der Waals surface area contributed by atoms with E-state index in [1.54, 1.807) is 6.92 Å². The lowest BCUT2D eigenvalue weighted by molar-refractivity contribution is -0.140. The average Bonchev–Trinajstić information content (AvgIpc) is 2.48. The minimum Gasteiger partial charge on any atom is -0.480 e. The van der Waals surface area contributed by atoms with Gasteiger partial charge in [0, 0.05) is 5.69 Å². The number of carboxylic acid groups (broad SMARTS) is 1. The van der Waals surface area contributed by atoms with E-state index in [-0.39, 0.29) is 13.2 Å². The van der Waals surface area contributed by atoms with Gasteiger partial charge < -0.3 is 20.9 Å². The number of esters is 1. The molecule has 0 aliphatic rings. The highest BCUT2D eigenvalue weighted by Gasteiger charge is 2.12. The summed E-state index contributed by atoms with van der Waals surface area (Å²) in [6.45, 7) is 11.2. The zero-order chi connectivity index (χ0) is 18.0. The molecule has 0 radical (unpaired) electrons. The Labute approximate surface area is 137 Å². The van der Waals surface area contributed by atoms with E-state index in [0.29, 0.717) is 0 Å². The van der Waals surface area contributed by atoms with E-state index in [1.165, 1.54) is 11.6 Å². The van der Waals surface area contributed by atoms with Gasteiger partial charge >= 0.3 is 11.9 Å². The smallest absolute Gasteiger partial charge is 0.325 e. The molecule has 0 saturated heterocycles. The number of rotatable bonds is 6. The van der Waals surface area contributed by atoms with Gasteiger partial charge in [0.2, 0.25) is 0 Å². The first-order chi connectivity index (χ1) is 10.7. The normalized spacial score (nSPS) is 10.8. The molecule has 0 unspecified atom stereocenters. The van der Waals surface area contributed by atoms with Crippen LogP contribution in [0.4, 0.5) is 5.69 Å². The second-order valence-electron chi connectivity index (χ2n) is 5.15. The summed E-state index contributed by atoms with van der Waals surface area (Å²) >= 11 is 0. The molecule has 6 heteroatoms. The molecule has 0 aliphatic carbocycles. The number of benzene rings is 1. The lowest BCUT2D eigenvalue weighted by atomic mass is 10.0. The lowest BCUT2D eigenvalue weighted by Crippen LogP contribution is -2.26. The number of carbonyl (C=O) groups is 2. The first-order valence-corrected chi connectivity index (χ1v) is 7.26. The fourth-order valence-electron chi connectivity index (χ4n) is 1.90. The zero-order valence-corrected chi connectivity index (χ0v) is 14.2. The van der Waals surface area contributed by atoms with Crippen LogP contribution < -0.4 is 11.1 Å². The molecule has 6 nitrogen and oxygen atoms in total. The third kappa shape index (κ3) is 8.01. The Morgan fingerprint density at radius 3 is 2.26 bits per heavy atom. The largest absolute Gasteiger partial charge is 0.480 e. The number of hydrogen-bond acceptors (Lipinski definition) is 5. The molecule has 0 amide bonds. The molecule has 0 spiro atoms. The molecule has 0 bridgehead atoms. The van der Waals surface area contributed by atoms with Crippen LogP contribution in [0.25, 0.3) is 0 Å². The maximum Gasteiger partial charge on any atom is 0.325 e. The molecule has 1 rings (SSSR count). The Morgan fingerprint density at radius 2 is 1.87 bits per heavy atom. The van der Waals surface area contributed by atoms with Gasteiger partial charge in [0.15, 0.2) is 0 Å². The predicted octanol–water partition coefficient (Wildman–Crippen LogP) is 2.17. The maximum absolute atomic E-state index is 10.7. The van der Waals surface area contributed by atoms with Gasteiger partial charge in [-0.05, 0) is 38.8 Å². The van der Waals surface area contributed by atoms with Crippen LogP contribution in [0.5, 0.6) is 0 Å². The highest BCUT2D eigenvalue weighted by molar-refractivity contribution is 5.77. The van der Waals surface area contributed by atoms with Crippen LogP contribution in [-0.2, 0) is 14.3 Å². The van der Waals surface area contributed by atoms with Crippen molar-refractivity contribution in [3.8, 4) is 0 Å². The molecule has 1 aromatic carbocycles. The fourth-order valence-corrected chi connectivity index (χ4v) is 1.90. The third-order valence-electron chi connectivity index (χ3n) is 2.94. The summed E-state index contributed by atoms with van der Waals surface area (Å²) in [5, 5.41) is 11.8. The lowest BCUT2D eigenvalue weighted by Gasteiger charge is -2.16. The van der Waals surface area contributed by atoms with Crippen LogP contribution in [-0.4, -0.2) is 36.2 Å². The van der Waals surface area contributed by atoms with Crippen molar-refractivity contribution in [3.63, 3.8) is 0 Å². The van der Waals surface area contributed by atoms with Crippen LogP contribution in [0.2, 0.25) is 0 Å². The number of ether oxygens (including phenoxy) is 1. The van der Waals surface area contributed by atoms with Crippen molar-refractivity contribution in [3.05, 3.63) is 41.5 Å². The fraction of sp³-hybridized carbons (Fsp3) is 0.412. The maximum atomic E-state index is 10.7. The summed E-state index contributed by atoms with van der Waals surface area (Å²) in [5.74, 6) is -1.24. The Balaban J connectivity index is 0.000000515. The van der Waals surface area contributed by atoms with Crippen LogP contribution in [0.1, 0.15) is 23.6 Å². The molecule has 0 aromatic heterocycles. The Morgan fingerprint density at radius 1 is 1.35 bits per heavy atom. The van der Waals surface area contributed by atoms with Crippen LogP contribution in [0, 0.1) is 20.8 Å². The van der Waals surface area contributed by atoms with Gasteiger partial charge in [0.25, 0.3) is 0 Å². The monoisotopic (exact) mass is 322 g/mol. The minimum atomic E-state index is -0.839. The summed E-state index contributed by atoms with van der Waals surface area (Å²) < 4.78 is 4.46. The molecular formula is C17H26N2O4. The summed E-state index contributed by atoms with van der Waals surface area (Å²) in [6.07, 6.45) is 1.49. The van der Waals surface area contributed by atoms with Crippen LogP contribution >= 0.6 is 0 Å². The number of carboxylic acids is 1. The highest BCUT2D eigenvalue weighted by atomic mass is 16.5. The standard InChI is InChI=1S/C12H17NO2.C5H9NO2/c1-7-5-8(2)11(9(3)6-7)13-10(4)12(14)15;1-2-3-8-5(7)4-6/h5-6,10,13H,1-4H3,(H,14,15);2H,1,3-4,6H2/t10-;/m0./s1. The average molecular weight is 322 g/mol. The van der Waals surface area contributed by atoms with E-state index in [9.17, 15) is 9.59 Å². The highest BCUT2D eigenvalue weighted by Crippen LogP contribution is 2.22. The molecule has 0 saturated carbocycles.